The molecule has 78 valence electrons. The van der Waals surface area contributed by atoms with Gasteiger partial charge < -0.3 is 11.1 Å². The van der Waals surface area contributed by atoms with Gasteiger partial charge in [0.2, 0.25) is 5.91 Å². The van der Waals surface area contributed by atoms with Crippen molar-refractivity contribution in [3.05, 3.63) is 34.9 Å². The molecule has 1 amide bonds. The Morgan fingerprint density at radius 3 is 2.67 bits per heavy atom. The van der Waals surface area contributed by atoms with Crippen molar-refractivity contribution < 1.29 is 4.79 Å². The van der Waals surface area contributed by atoms with Gasteiger partial charge in [0.05, 0.1) is 13.1 Å². The number of rotatable bonds is 2. The molecule has 0 aliphatic carbocycles. The largest absolute Gasteiger partial charge is 0.344 e. The predicted octanol–water partition coefficient (Wildman–Crippen LogP) is 0.766. The predicted molar refractivity (Wildman–Crippen MR) is 60.4 cm³/mol. The van der Waals surface area contributed by atoms with Crippen LogP contribution in [0.3, 0.4) is 0 Å². The number of amides is 1. The number of nitrogens with two attached hydrogens (primary N) is 1. The van der Waals surface area contributed by atoms with Gasteiger partial charge in [-0.25, -0.2) is 0 Å². The third-order valence-corrected chi connectivity index (χ3v) is 1.89. The molecule has 0 spiro atoms. The molecule has 15 heavy (non-hydrogen) atoms. The zero-order chi connectivity index (χ0) is 11.1. The third kappa shape index (κ3) is 4.50. The van der Waals surface area contributed by atoms with Crippen molar-refractivity contribution >= 4 is 17.5 Å². The molecule has 0 heterocycles. The Labute approximate surface area is 93.6 Å². The summed E-state index contributed by atoms with van der Waals surface area (Å²) in [4.78, 5) is 10.7. The summed E-state index contributed by atoms with van der Waals surface area (Å²) in [6, 6.07) is 7.17. The van der Waals surface area contributed by atoms with Gasteiger partial charge in [-0.05, 0) is 24.3 Å². The Balaban J connectivity index is 2.44. The Kier molecular flexibility index (Phi) is 4.69. The molecule has 0 unspecified atom stereocenters. The van der Waals surface area contributed by atoms with E-state index in [0.29, 0.717) is 11.6 Å². The van der Waals surface area contributed by atoms with Crippen LogP contribution in [0.1, 0.15) is 5.56 Å². The van der Waals surface area contributed by atoms with Gasteiger partial charge in [0.25, 0.3) is 0 Å². The molecule has 1 rings (SSSR count). The highest BCUT2D eigenvalue weighted by Gasteiger charge is 1.91. The molecule has 0 aliphatic heterocycles. The van der Waals surface area contributed by atoms with E-state index in [9.17, 15) is 4.79 Å². The van der Waals surface area contributed by atoms with E-state index in [2.05, 4.69) is 17.2 Å². The molecule has 1 aromatic rings. The summed E-state index contributed by atoms with van der Waals surface area (Å²) in [6.07, 6.45) is 0. The first-order valence-electron chi connectivity index (χ1n) is 4.43. The van der Waals surface area contributed by atoms with Crippen molar-refractivity contribution in [2.75, 3.05) is 13.1 Å². The number of carbonyl (C=O) groups is 1. The molecule has 4 heteroatoms. The van der Waals surface area contributed by atoms with E-state index in [1.54, 1.807) is 12.1 Å². The smallest absolute Gasteiger partial charge is 0.234 e. The highest BCUT2D eigenvalue weighted by atomic mass is 35.5. The summed E-state index contributed by atoms with van der Waals surface area (Å²) >= 11 is 5.71. The van der Waals surface area contributed by atoms with E-state index in [0.717, 1.165) is 5.56 Å². The second-order valence-electron chi connectivity index (χ2n) is 2.79. The average Bonchev–Trinajstić information content (AvgIpc) is 2.26. The van der Waals surface area contributed by atoms with E-state index in [1.165, 1.54) is 0 Å². The van der Waals surface area contributed by atoms with Gasteiger partial charge in [0, 0.05) is 10.6 Å². The van der Waals surface area contributed by atoms with Crippen molar-refractivity contribution in [2.24, 2.45) is 5.73 Å². The van der Waals surface area contributed by atoms with Crippen LogP contribution in [0.4, 0.5) is 0 Å². The molecule has 0 aliphatic rings. The van der Waals surface area contributed by atoms with Crippen LogP contribution in [-0.4, -0.2) is 19.0 Å². The van der Waals surface area contributed by atoms with Crippen molar-refractivity contribution in [1.82, 2.24) is 5.32 Å². The Hall–Kier alpha value is -1.50. The molecule has 3 N–H and O–H groups in total. The Bertz CT molecular complexity index is 389. The lowest BCUT2D eigenvalue weighted by Crippen LogP contribution is -2.30. The van der Waals surface area contributed by atoms with Crippen LogP contribution in [0.2, 0.25) is 5.02 Å². The van der Waals surface area contributed by atoms with Gasteiger partial charge in [-0.15, -0.1) is 0 Å². The van der Waals surface area contributed by atoms with E-state index in [4.69, 9.17) is 17.3 Å². The van der Waals surface area contributed by atoms with Gasteiger partial charge >= 0.3 is 0 Å². The minimum atomic E-state index is -0.208. The fourth-order valence-electron chi connectivity index (χ4n) is 0.894. The number of hydrogen-bond acceptors (Lipinski definition) is 2. The first kappa shape index (κ1) is 11.6. The van der Waals surface area contributed by atoms with E-state index in [-0.39, 0.29) is 12.5 Å². The average molecular weight is 223 g/mol. The lowest BCUT2D eigenvalue weighted by Gasteiger charge is -1.95. The second kappa shape index (κ2) is 6.07. The summed E-state index contributed by atoms with van der Waals surface area (Å²) in [6.45, 7) is 0.293. The second-order valence-corrected chi connectivity index (χ2v) is 3.23. The number of halogens is 1. The van der Waals surface area contributed by atoms with Gasteiger partial charge in [0.15, 0.2) is 0 Å². The van der Waals surface area contributed by atoms with Crippen LogP contribution < -0.4 is 11.1 Å². The van der Waals surface area contributed by atoms with E-state index in [1.807, 2.05) is 12.1 Å². The Morgan fingerprint density at radius 2 is 2.07 bits per heavy atom. The summed E-state index contributed by atoms with van der Waals surface area (Å²) in [5.41, 5.74) is 5.97. The van der Waals surface area contributed by atoms with E-state index >= 15 is 0 Å². The molecule has 1 aromatic carbocycles. The standard InChI is InChI=1S/C11H11ClN2O/c12-10-5-3-9(4-6-10)2-1-7-14-11(15)8-13/h3-6H,7-8,13H2,(H,14,15). The summed E-state index contributed by atoms with van der Waals surface area (Å²) in [7, 11) is 0. The summed E-state index contributed by atoms with van der Waals surface area (Å²) < 4.78 is 0. The summed E-state index contributed by atoms with van der Waals surface area (Å²) in [5, 5.41) is 3.23. The molecule has 0 bridgehead atoms. The normalized spacial score (nSPS) is 8.93. The Morgan fingerprint density at radius 1 is 1.40 bits per heavy atom. The first-order valence-corrected chi connectivity index (χ1v) is 4.81. The SMILES string of the molecule is NCC(=O)NCC#Cc1ccc(Cl)cc1. The summed E-state index contributed by atoms with van der Waals surface area (Å²) in [5.74, 6) is 5.48. The minimum Gasteiger partial charge on any atom is -0.344 e. The molecule has 0 fully saturated rings. The lowest BCUT2D eigenvalue weighted by atomic mass is 10.2. The van der Waals surface area contributed by atoms with Gasteiger partial charge in [-0.2, -0.15) is 0 Å². The van der Waals surface area contributed by atoms with Crippen LogP contribution in [-0.2, 0) is 4.79 Å². The molecule has 3 nitrogen and oxygen atoms in total. The molecule has 0 saturated carbocycles. The zero-order valence-corrected chi connectivity index (χ0v) is 8.84. The van der Waals surface area contributed by atoms with Crippen LogP contribution in [0.5, 0.6) is 0 Å². The number of nitrogens with one attached hydrogen (secondary N) is 1. The van der Waals surface area contributed by atoms with Crippen LogP contribution in [0.15, 0.2) is 24.3 Å². The monoisotopic (exact) mass is 222 g/mol. The minimum absolute atomic E-state index is 0.0113. The number of carbonyl (C=O) groups excluding carboxylic acids is 1. The van der Waals surface area contributed by atoms with Gasteiger partial charge in [0.1, 0.15) is 0 Å². The maximum atomic E-state index is 10.7. The van der Waals surface area contributed by atoms with Crippen molar-refractivity contribution in [3.8, 4) is 11.8 Å². The van der Waals surface area contributed by atoms with Gasteiger partial charge in [-0.1, -0.05) is 23.4 Å². The zero-order valence-electron chi connectivity index (χ0n) is 8.09. The fraction of sp³-hybridized carbons (Fsp3) is 0.182. The molecule has 0 aromatic heterocycles. The molecule has 0 atom stereocenters. The molecular weight excluding hydrogens is 212 g/mol. The van der Waals surface area contributed by atoms with Crippen molar-refractivity contribution in [1.29, 1.82) is 0 Å². The van der Waals surface area contributed by atoms with Gasteiger partial charge in [-0.3, -0.25) is 4.79 Å². The number of benzene rings is 1. The fourth-order valence-corrected chi connectivity index (χ4v) is 1.02. The number of hydrogen-bond donors (Lipinski definition) is 2. The molecular formula is C11H11ClN2O. The molecule has 0 radical (unpaired) electrons. The van der Waals surface area contributed by atoms with E-state index < -0.39 is 0 Å². The highest BCUT2D eigenvalue weighted by molar-refractivity contribution is 6.30. The highest BCUT2D eigenvalue weighted by Crippen LogP contribution is 2.07. The topological polar surface area (TPSA) is 55.1 Å². The van der Waals surface area contributed by atoms with Crippen LogP contribution in [0, 0.1) is 11.8 Å². The van der Waals surface area contributed by atoms with Crippen molar-refractivity contribution in [3.63, 3.8) is 0 Å². The van der Waals surface area contributed by atoms with Crippen molar-refractivity contribution in [2.45, 2.75) is 0 Å². The quantitative estimate of drug-likeness (QED) is 0.727. The third-order valence-electron chi connectivity index (χ3n) is 1.64. The first-order chi connectivity index (χ1) is 7.22. The maximum Gasteiger partial charge on any atom is 0.234 e. The maximum absolute atomic E-state index is 10.7. The van der Waals surface area contributed by atoms with Crippen LogP contribution >= 0.6 is 11.6 Å². The van der Waals surface area contributed by atoms with Crippen LogP contribution in [0.25, 0.3) is 0 Å². The molecule has 0 saturated heterocycles. The lowest BCUT2D eigenvalue weighted by molar-refractivity contribution is -0.119.